The third-order valence-electron chi connectivity index (χ3n) is 5.53. The van der Waals surface area contributed by atoms with E-state index in [4.69, 9.17) is 9.47 Å². The number of ether oxygens (including phenoxy) is 2. The quantitative estimate of drug-likeness (QED) is 0.473. The molecule has 3 rings (SSSR count). The molecule has 0 bridgehead atoms. The van der Waals surface area contributed by atoms with E-state index < -0.39 is 0 Å². The Labute approximate surface area is 185 Å². The van der Waals surface area contributed by atoms with Crippen LogP contribution in [0.4, 0.5) is 5.69 Å². The summed E-state index contributed by atoms with van der Waals surface area (Å²) >= 11 is 0. The molecule has 3 aromatic rings. The Morgan fingerprint density at radius 1 is 0.935 bits per heavy atom. The van der Waals surface area contributed by atoms with Gasteiger partial charge in [0.1, 0.15) is 18.1 Å². The highest BCUT2D eigenvalue weighted by atomic mass is 16.5. The van der Waals surface area contributed by atoms with Crippen molar-refractivity contribution in [3.63, 3.8) is 0 Å². The Morgan fingerprint density at radius 3 is 2.29 bits per heavy atom. The zero-order valence-corrected chi connectivity index (χ0v) is 19.2. The molecule has 0 radical (unpaired) electrons. The molecule has 0 aliphatic carbocycles. The van der Waals surface area contributed by atoms with Gasteiger partial charge in [-0.3, -0.25) is 4.79 Å². The summed E-state index contributed by atoms with van der Waals surface area (Å²) in [5.41, 5.74) is 6.86. The fourth-order valence-corrected chi connectivity index (χ4v) is 3.49. The standard InChI is InChI=1S/C27H31NO3/c1-17(2)21-7-10-24(11-8-21)28-27(29)22-9-12-25(30-6)23(15-22)16-31-26-14-18(3)13-19(4)20(26)5/h7-15,17H,16H2,1-6H3,(H,28,29). The number of amides is 1. The minimum atomic E-state index is -0.163. The molecule has 0 spiro atoms. The van der Waals surface area contributed by atoms with Crippen LogP contribution in [0.15, 0.2) is 54.6 Å². The minimum absolute atomic E-state index is 0.163. The molecule has 0 aliphatic rings. The van der Waals surface area contributed by atoms with Crippen LogP contribution in [-0.2, 0) is 6.61 Å². The van der Waals surface area contributed by atoms with E-state index in [2.05, 4.69) is 46.0 Å². The van der Waals surface area contributed by atoms with Crippen molar-refractivity contribution in [2.24, 2.45) is 0 Å². The third-order valence-corrected chi connectivity index (χ3v) is 5.53. The highest BCUT2D eigenvalue weighted by molar-refractivity contribution is 6.04. The van der Waals surface area contributed by atoms with Crippen molar-refractivity contribution in [3.8, 4) is 11.5 Å². The predicted molar refractivity (Wildman–Crippen MR) is 126 cm³/mol. The van der Waals surface area contributed by atoms with Gasteiger partial charge in [0, 0.05) is 16.8 Å². The van der Waals surface area contributed by atoms with Crippen molar-refractivity contribution in [1.82, 2.24) is 0 Å². The number of rotatable bonds is 7. The minimum Gasteiger partial charge on any atom is -0.496 e. The normalized spacial score (nSPS) is 10.8. The first-order chi connectivity index (χ1) is 14.8. The van der Waals surface area contributed by atoms with Gasteiger partial charge in [0.05, 0.1) is 7.11 Å². The summed E-state index contributed by atoms with van der Waals surface area (Å²) in [6, 6.07) is 17.5. The van der Waals surface area contributed by atoms with E-state index in [0.717, 1.165) is 28.1 Å². The monoisotopic (exact) mass is 417 g/mol. The highest BCUT2D eigenvalue weighted by Gasteiger charge is 2.13. The van der Waals surface area contributed by atoms with E-state index in [9.17, 15) is 4.79 Å². The number of hydrogen-bond donors (Lipinski definition) is 1. The number of benzene rings is 3. The summed E-state index contributed by atoms with van der Waals surface area (Å²) < 4.78 is 11.6. The molecule has 0 fully saturated rings. The van der Waals surface area contributed by atoms with Crippen molar-refractivity contribution in [1.29, 1.82) is 0 Å². The molecule has 0 saturated carbocycles. The smallest absolute Gasteiger partial charge is 0.255 e. The van der Waals surface area contributed by atoms with E-state index in [-0.39, 0.29) is 5.91 Å². The van der Waals surface area contributed by atoms with Crippen molar-refractivity contribution in [2.45, 2.75) is 47.1 Å². The molecule has 31 heavy (non-hydrogen) atoms. The molecule has 0 saturated heterocycles. The van der Waals surface area contributed by atoms with Crippen LogP contribution in [-0.4, -0.2) is 13.0 Å². The number of hydrogen-bond acceptors (Lipinski definition) is 3. The summed E-state index contributed by atoms with van der Waals surface area (Å²) in [5.74, 6) is 1.83. The van der Waals surface area contributed by atoms with E-state index in [1.807, 2.05) is 42.5 Å². The van der Waals surface area contributed by atoms with Crippen LogP contribution in [0, 0.1) is 20.8 Å². The van der Waals surface area contributed by atoms with Crippen LogP contribution in [0.3, 0.4) is 0 Å². The number of nitrogens with one attached hydrogen (secondary N) is 1. The average Bonchev–Trinajstić information content (AvgIpc) is 2.75. The number of carbonyl (C=O) groups excluding carboxylic acids is 1. The van der Waals surface area contributed by atoms with Crippen LogP contribution in [0.1, 0.15) is 57.9 Å². The number of aryl methyl sites for hydroxylation is 2. The number of anilines is 1. The Morgan fingerprint density at radius 2 is 1.65 bits per heavy atom. The first kappa shape index (κ1) is 22.4. The van der Waals surface area contributed by atoms with E-state index in [1.54, 1.807) is 13.2 Å². The lowest BCUT2D eigenvalue weighted by atomic mass is 10.0. The molecule has 0 heterocycles. The Bertz CT molecular complexity index is 1070. The average molecular weight is 418 g/mol. The SMILES string of the molecule is COc1ccc(C(=O)Nc2ccc(C(C)C)cc2)cc1COc1cc(C)cc(C)c1C. The maximum atomic E-state index is 12.8. The Balaban J connectivity index is 1.77. The third kappa shape index (κ3) is 5.46. The Kier molecular flexibility index (Phi) is 7.01. The largest absolute Gasteiger partial charge is 0.496 e. The van der Waals surface area contributed by atoms with Gasteiger partial charge in [0.15, 0.2) is 0 Å². The first-order valence-electron chi connectivity index (χ1n) is 10.6. The van der Waals surface area contributed by atoms with E-state index >= 15 is 0 Å². The molecule has 0 aromatic heterocycles. The summed E-state index contributed by atoms with van der Waals surface area (Å²) in [6.45, 7) is 10.8. The van der Waals surface area contributed by atoms with Crippen molar-refractivity contribution < 1.29 is 14.3 Å². The van der Waals surface area contributed by atoms with Gasteiger partial charge in [0.2, 0.25) is 0 Å². The van der Waals surface area contributed by atoms with Gasteiger partial charge >= 0.3 is 0 Å². The molecule has 4 nitrogen and oxygen atoms in total. The zero-order chi connectivity index (χ0) is 22.5. The maximum absolute atomic E-state index is 12.8. The van der Waals surface area contributed by atoms with Gasteiger partial charge in [-0.25, -0.2) is 0 Å². The van der Waals surface area contributed by atoms with E-state index in [0.29, 0.717) is 23.8 Å². The number of carbonyl (C=O) groups is 1. The molecule has 1 N–H and O–H groups in total. The van der Waals surface area contributed by atoms with Gasteiger partial charge in [-0.15, -0.1) is 0 Å². The van der Waals surface area contributed by atoms with Crippen LogP contribution in [0.5, 0.6) is 11.5 Å². The molecular weight excluding hydrogens is 386 g/mol. The molecule has 1 amide bonds. The second kappa shape index (κ2) is 9.69. The molecule has 0 unspecified atom stereocenters. The van der Waals surface area contributed by atoms with Crippen molar-refractivity contribution in [2.75, 3.05) is 12.4 Å². The molecule has 0 aliphatic heterocycles. The molecule has 3 aromatic carbocycles. The van der Waals surface area contributed by atoms with Gasteiger partial charge in [0.25, 0.3) is 5.91 Å². The molecule has 162 valence electrons. The second-order valence-corrected chi connectivity index (χ2v) is 8.25. The lowest BCUT2D eigenvalue weighted by Gasteiger charge is -2.15. The summed E-state index contributed by atoms with van der Waals surface area (Å²) in [6.07, 6.45) is 0. The van der Waals surface area contributed by atoms with Gasteiger partial charge in [-0.1, -0.05) is 32.0 Å². The van der Waals surface area contributed by atoms with Crippen molar-refractivity contribution >= 4 is 11.6 Å². The summed E-state index contributed by atoms with van der Waals surface area (Å²) in [7, 11) is 1.62. The van der Waals surface area contributed by atoms with Gasteiger partial charge in [-0.2, -0.15) is 0 Å². The van der Waals surface area contributed by atoms with Crippen molar-refractivity contribution in [3.05, 3.63) is 88.0 Å². The van der Waals surface area contributed by atoms with Crippen LogP contribution in [0.25, 0.3) is 0 Å². The van der Waals surface area contributed by atoms with Crippen LogP contribution in [0.2, 0.25) is 0 Å². The van der Waals surface area contributed by atoms with Gasteiger partial charge < -0.3 is 14.8 Å². The Hall–Kier alpha value is -3.27. The first-order valence-corrected chi connectivity index (χ1v) is 10.6. The number of methoxy groups -OCH3 is 1. The fraction of sp³-hybridized carbons (Fsp3) is 0.296. The summed E-state index contributed by atoms with van der Waals surface area (Å²) in [5, 5.41) is 2.97. The molecular formula is C27H31NO3. The maximum Gasteiger partial charge on any atom is 0.255 e. The lowest BCUT2D eigenvalue weighted by molar-refractivity contribution is 0.102. The predicted octanol–water partition coefficient (Wildman–Crippen LogP) is 6.58. The molecule has 4 heteroatoms. The topological polar surface area (TPSA) is 47.6 Å². The van der Waals surface area contributed by atoms with Crippen LogP contribution >= 0.6 is 0 Å². The zero-order valence-electron chi connectivity index (χ0n) is 19.2. The van der Waals surface area contributed by atoms with Crippen LogP contribution < -0.4 is 14.8 Å². The fourth-order valence-electron chi connectivity index (χ4n) is 3.49. The second-order valence-electron chi connectivity index (χ2n) is 8.25. The molecule has 0 atom stereocenters. The lowest BCUT2D eigenvalue weighted by Crippen LogP contribution is -2.13. The summed E-state index contributed by atoms with van der Waals surface area (Å²) in [4.78, 5) is 12.8. The van der Waals surface area contributed by atoms with Gasteiger partial charge in [-0.05, 0) is 85.3 Å². The van der Waals surface area contributed by atoms with E-state index in [1.165, 1.54) is 11.1 Å². The highest BCUT2D eigenvalue weighted by Crippen LogP contribution is 2.27.